The number of ether oxygens (including phenoxy) is 2. The van der Waals surface area contributed by atoms with Gasteiger partial charge in [0.25, 0.3) is 0 Å². The number of benzene rings is 1. The van der Waals surface area contributed by atoms with E-state index < -0.39 is 11.6 Å². The Balaban J connectivity index is 0.00000625. The number of methoxy groups -OCH3 is 1. The number of guanidine groups is 1. The minimum atomic E-state index is -0.831. The molecular weight excluding hydrogens is 455 g/mol. The summed E-state index contributed by atoms with van der Waals surface area (Å²) in [5, 5.41) is 6.40. The zero-order valence-electron chi connectivity index (χ0n) is 15.7. The van der Waals surface area contributed by atoms with Crippen LogP contribution in [0.25, 0.3) is 0 Å². The highest BCUT2D eigenvalue weighted by Gasteiger charge is 2.09. The fraction of sp³-hybridized carbons (Fsp3) is 0.611. The zero-order valence-corrected chi connectivity index (χ0v) is 18.0. The van der Waals surface area contributed by atoms with Crippen LogP contribution in [0.3, 0.4) is 0 Å². The van der Waals surface area contributed by atoms with Crippen molar-refractivity contribution in [1.82, 2.24) is 10.6 Å². The summed E-state index contributed by atoms with van der Waals surface area (Å²) in [4.78, 5) is 4.51. The summed E-state index contributed by atoms with van der Waals surface area (Å²) in [5.74, 6) is -0.967. The van der Waals surface area contributed by atoms with E-state index in [4.69, 9.17) is 9.47 Å². The highest BCUT2D eigenvalue weighted by atomic mass is 127. The molecule has 0 saturated carbocycles. The van der Waals surface area contributed by atoms with Gasteiger partial charge in [-0.05, 0) is 31.0 Å². The van der Waals surface area contributed by atoms with Gasteiger partial charge in [-0.25, -0.2) is 8.78 Å². The second-order valence-corrected chi connectivity index (χ2v) is 5.68. The van der Waals surface area contributed by atoms with Crippen LogP contribution in [0.1, 0.15) is 31.7 Å². The second kappa shape index (κ2) is 15.1. The fourth-order valence-corrected chi connectivity index (χ4v) is 2.12. The van der Waals surface area contributed by atoms with Crippen molar-refractivity contribution < 1.29 is 18.3 Å². The maximum absolute atomic E-state index is 13.3. The Kier molecular flexibility index (Phi) is 14.5. The van der Waals surface area contributed by atoms with E-state index in [1.807, 2.05) is 13.8 Å². The number of hydrogen-bond acceptors (Lipinski definition) is 3. The molecule has 0 amide bonds. The zero-order chi connectivity index (χ0) is 18.5. The lowest BCUT2D eigenvalue weighted by molar-refractivity contribution is 0.0698. The van der Waals surface area contributed by atoms with Gasteiger partial charge < -0.3 is 20.1 Å². The highest BCUT2D eigenvalue weighted by molar-refractivity contribution is 14.0. The molecular formula is C18H30F2IN3O2. The maximum atomic E-state index is 13.3. The van der Waals surface area contributed by atoms with Gasteiger partial charge in [-0.3, -0.25) is 4.99 Å². The molecule has 5 nitrogen and oxygen atoms in total. The molecule has 1 aromatic carbocycles. The van der Waals surface area contributed by atoms with Crippen molar-refractivity contribution in [2.45, 2.75) is 26.2 Å². The molecule has 0 saturated heterocycles. The predicted molar refractivity (Wildman–Crippen MR) is 111 cm³/mol. The lowest BCUT2D eigenvalue weighted by Crippen LogP contribution is -2.38. The van der Waals surface area contributed by atoms with Crippen LogP contribution in [0.5, 0.6) is 0 Å². The third-order valence-electron chi connectivity index (χ3n) is 3.57. The first-order valence-electron chi connectivity index (χ1n) is 8.62. The summed E-state index contributed by atoms with van der Waals surface area (Å²) in [5.41, 5.74) is 0.727. The summed E-state index contributed by atoms with van der Waals surface area (Å²) in [6, 6.07) is 3.97. The standard InChI is InChI=1S/C18H29F2N3O2.HI/c1-4-21-18(22-8-5-9-25-11-10-24-3)23-13-14(2)15-6-7-16(19)17(20)12-15;/h6-7,12,14H,4-5,8-11,13H2,1-3H3,(H2,21,22,23);1H. The van der Waals surface area contributed by atoms with E-state index in [0.717, 1.165) is 31.1 Å². The molecule has 0 aromatic heterocycles. The molecule has 0 bridgehead atoms. The summed E-state index contributed by atoms with van der Waals surface area (Å²) in [6.07, 6.45) is 0.854. The minimum Gasteiger partial charge on any atom is -0.382 e. The summed E-state index contributed by atoms with van der Waals surface area (Å²) >= 11 is 0. The number of halogens is 3. The van der Waals surface area contributed by atoms with Gasteiger partial charge in [-0.1, -0.05) is 13.0 Å². The number of hydrogen-bond donors (Lipinski definition) is 2. The molecule has 0 fully saturated rings. The van der Waals surface area contributed by atoms with Crippen LogP contribution in [0.15, 0.2) is 23.2 Å². The SMILES string of the molecule is CCNC(=NCC(C)c1ccc(F)c(F)c1)NCCCOCCOC.I. The Hall–Kier alpha value is -1.00. The Morgan fingerprint density at radius 2 is 1.92 bits per heavy atom. The topological polar surface area (TPSA) is 54.9 Å². The molecule has 0 heterocycles. The lowest BCUT2D eigenvalue weighted by Gasteiger charge is -2.14. The normalized spacial score (nSPS) is 12.4. The van der Waals surface area contributed by atoms with Crippen molar-refractivity contribution in [3.05, 3.63) is 35.4 Å². The van der Waals surface area contributed by atoms with Crippen LogP contribution < -0.4 is 10.6 Å². The van der Waals surface area contributed by atoms with Gasteiger partial charge in [0.2, 0.25) is 0 Å². The first-order chi connectivity index (χ1) is 12.1. The monoisotopic (exact) mass is 485 g/mol. The van der Waals surface area contributed by atoms with E-state index in [9.17, 15) is 8.78 Å². The van der Waals surface area contributed by atoms with Gasteiger partial charge >= 0.3 is 0 Å². The van der Waals surface area contributed by atoms with Crippen molar-refractivity contribution in [3.63, 3.8) is 0 Å². The molecule has 0 aliphatic rings. The Bertz CT molecular complexity index is 533. The van der Waals surface area contributed by atoms with Crippen molar-refractivity contribution >= 4 is 29.9 Å². The summed E-state index contributed by atoms with van der Waals surface area (Å²) < 4.78 is 36.6. The Morgan fingerprint density at radius 3 is 2.58 bits per heavy atom. The molecule has 0 aliphatic carbocycles. The number of aliphatic imine (C=N–C) groups is 1. The van der Waals surface area contributed by atoms with E-state index in [1.165, 1.54) is 6.07 Å². The third-order valence-corrected chi connectivity index (χ3v) is 3.57. The average molecular weight is 485 g/mol. The van der Waals surface area contributed by atoms with Crippen LogP contribution in [0.4, 0.5) is 8.78 Å². The third kappa shape index (κ3) is 10.2. The first kappa shape index (κ1) is 25.0. The van der Waals surface area contributed by atoms with E-state index in [-0.39, 0.29) is 29.9 Å². The molecule has 0 radical (unpaired) electrons. The van der Waals surface area contributed by atoms with E-state index >= 15 is 0 Å². The van der Waals surface area contributed by atoms with Gasteiger partial charge in [0.15, 0.2) is 17.6 Å². The molecule has 0 spiro atoms. The van der Waals surface area contributed by atoms with Gasteiger partial charge in [-0.15, -0.1) is 24.0 Å². The molecule has 1 rings (SSSR count). The van der Waals surface area contributed by atoms with Gasteiger partial charge in [-0.2, -0.15) is 0 Å². The van der Waals surface area contributed by atoms with E-state index in [1.54, 1.807) is 13.2 Å². The van der Waals surface area contributed by atoms with Crippen molar-refractivity contribution in [2.24, 2.45) is 4.99 Å². The van der Waals surface area contributed by atoms with Crippen LogP contribution >= 0.6 is 24.0 Å². The predicted octanol–water partition coefficient (Wildman–Crippen LogP) is 3.29. The summed E-state index contributed by atoms with van der Waals surface area (Å²) in [6.45, 7) is 7.73. The number of rotatable bonds is 11. The quantitative estimate of drug-likeness (QED) is 0.219. The molecule has 1 atom stereocenters. The number of nitrogens with zero attached hydrogens (tertiary/aromatic N) is 1. The van der Waals surface area contributed by atoms with Crippen LogP contribution in [0, 0.1) is 11.6 Å². The van der Waals surface area contributed by atoms with Crippen LogP contribution in [-0.4, -0.2) is 52.5 Å². The van der Waals surface area contributed by atoms with Crippen molar-refractivity contribution in [2.75, 3.05) is 46.6 Å². The molecule has 1 aromatic rings. The average Bonchev–Trinajstić information content (AvgIpc) is 2.60. The highest BCUT2D eigenvalue weighted by Crippen LogP contribution is 2.18. The minimum absolute atomic E-state index is 0. The molecule has 26 heavy (non-hydrogen) atoms. The van der Waals surface area contributed by atoms with Crippen molar-refractivity contribution in [3.8, 4) is 0 Å². The largest absolute Gasteiger partial charge is 0.382 e. The van der Waals surface area contributed by atoms with Gasteiger partial charge in [0.1, 0.15) is 0 Å². The van der Waals surface area contributed by atoms with Gasteiger partial charge in [0.05, 0.1) is 13.2 Å². The van der Waals surface area contributed by atoms with E-state index in [2.05, 4.69) is 15.6 Å². The number of nitrogens with one attached hydrogen (secondary N) is 2. The molecule has 8 heteroatoms. The van der Waals surface area contributed by atoms with Crippen molar-refractivity contribution in [1.29, 1.82) is 0 Å². The van der Waals surface area contributed by atoms with Crippen LogP contribution in [-0.2, 0) is 9.47 Å². The Labute approximate surface area is 172 Å². The molecule has 0 aliphatic heterocycles. The molecule has 1 unspecified atom stereocenters. The van der Waals surface area contributed by atoms with E-state index in [0.29, 0.717) is 32.3 Å². The Morgan fingerprint density at radius 1 is 1.15 bits per heavy atom. The first-order valence-corrected chi connectivity index (χ1v) is 8.62. The van der Waals surface area contributed by atoms with Crippen LogP contribution in [0.2, 0.25) is 0 Å². The smallest absolute Gasteiger partial charge is 0.191 e. The lowest BCUT2D eigenvalue weighted by atomic mass is 10.0. The molecule has 150 valence electrons. The second-order valence-electron chi connectivity index (χ2n) is 5.68. The summed E-state index contributed by atoms with van der Waals surface area (Å²) in [7, 11) is 1.64. The molecule has 2 N–H and O–H groups in total. The fourth-order valence-electron chi connectivity index (χ4n) is 2.12. The maximum Gasteiger partial charge on any atom is 0.191 e. The van der Waals surface area contributed by atoms with Gasteiger partial charge in [0, 0.05) is 39.3 Å².